The molecule has 6 heteroatoms. The van der Waals surface area contributed by atoms with Crippen LogP contribution < -0.4 is 4.74 Å². The third-order valence-corrected chi connectivity index (χ3v) is 13.4. The van der Waals surface area contributed by atoms with E-state index in [1.165, 1.54) is 45.5 Å². The number of aromatic hydroxyl groups is 1. The number of nitrogens with zero attached hydrogens (tertiary/aromatic N) is 1. The average Bonchev–Trinajstić information content (AvgIpc) is 3.55. The maximum Gasteiger partial charge on any atom is 0.165 e. The monoisotopic (exact) mass is 557 g/mol. The number of thiophene rings is 1. The van der Waals surface area contributed by atoms with Crippen LogP contribution in [-0.4, -0.2) is 54.6 Å². The molecule has 4 bridgehead atoms. The molecular formula is C34H39NO4S. The summed E-state index contributed by atoms with van der Waals surface area (Å²) in [6.45, 7) is 6.05. The number of rotatable bonds is 7. The van der Waals surface area contributed by atoms with Gasteiger partial charge in [-0.15, -0.1) is 11.3 Å². The maximum atomic E-state index is 11.1. The lowest BCUT2D eigenvalue weighted by molar-refractivity contribution is -0.314. The first-order valence-electron chi connectivity index (χ1n) is 15.3. The quantitative estimate of drug-likeness (QED) is 0.362. The molecule has 3 aromatic rings. The Bertz CT molecular complexity index is 1500. The predicted octanol–water partition coefficient (Wildman–Crippen LogP) is 6.44. The van der Waals surface area contributed by atoms with Gasteiger partial charge in [-0.2, -0.15) is 0 Å². The molecule has 5 aliphatic carbocycles. The van der Waals surface area contributed by atoms with E-state index in [-0.39, 0.29) is 22.3 Å². The Morgan fingerprint density at radius 2 is 2.00 bits per heavy atom. The van der Waals surface area contributed by atoms with E-state index in [4.69, 9.17) is 14.2 Å². The molecule has 4 saturated carbocycles. The summed E-state index contributed by atoms with van der Waals surface area (Å²) in [6.07, 6.45) is 8.05. The lowest BCUT2D eigenvalue weighted by Gasteiger charge is -2.76. The van der Waals surface area contributed by atoms with Crippen LogP contribution in [0.15, 0.2) is 42.5 Å². The van der Waals surface area contributed by atoms with Gasteiger partial charge in [0.2, 0.25) is 0 Å². The van der Waals surface area contributed by atoms with Crippen LogP contribution in [0, 0.1) is 16.7 Å². The van der Waals surface area contributed by atoms with E-state index >= 15 is 0 Å². The number of hydrogen-bond donors (Lipinski definition) is 1. The summed E-state index contributed by atoms with van der Waals surface area (Å²) in [6, 6.07) is 15.4. The summed E-state index contributed by atoms with van der Waals surface area (Å²) in [4.78, 5) is 4.15. The molecule has 0 amide bonds. The zero-order valence-electron chi connectivity index (χ0n) is 23.6. The zero-order valence-corrected chi connectivity index (χ0v) is 24.4. The van der Waals surface area contributed by atoms with Gasteiger partial charge in [0.25, 0.3) is 0 Å². The normalized spacial score (nSPS) is 39.0. The second-order valence-electron chi connectivity index (χ2n) is 14.1. The lowest BCUT2D eigenvalue weighted by Crippen LogP contribution is -2.83. The second-order valence-corrected chi connectivity index (χ2v) is 15.2. The highest BCUT2D eigenvalue weighted by Crippen LogP contribution is 2.79. The van der Waals surface area contributed by atoms with Gasteiger partial charge in [0, 0.05) is 51.1 Å². The molecule has 2 spiro atoms. The smallest absolute Gasteiger partial charge is 0.165 e. The fourth-order valence-electron chi connectivity index (χ4n) is 10.6. The van der Waals surface area contributed by atoms with E-state index in [0.29, 0.717) is 25.0 Å². The van der Waals surface area contributed by atoms with Crippen molar-refractivity contribution < 1.29 is 19.3 Å². The zero-order chi connectivity index (χ0) is 26.9. The van der Waals surface area contributed by atoms with Crippen molar-refractivity contribution in [3.05, 3.63) is 58.5 Å². The summed E-state index contributed by atoms with van der Waals surface area (Å²) in [5.41, 5.74) is 2.08. The van der Waals surface area contributed by atoms with Gasteiger partial charge in [0.15, 0.2) is 11.5 Å². The van der Waals surface area contributed by atoms with Crippen LogP contribution in [-0.2, 0) is 27.9 Å². The van der Waals surface area contributed by atoms with E-state index in [1.54, 1.807) is 0 Å². The number of ether oxygens (including phenoxy) is 3. The van der Waals surface area contributed by atoms with Crippen LogP contribution in [0.25, 0.3) is 10.1 Å². The second kappa shape index (κ2) is 8.03. The third-order valence-electron chi connectivity index (χ3n) is 12.3. The Morgan fingerprint density at radius 3 is 2.83 bits per heavy atom. The fraction of sp³-hybridized carbons (Fsp3) is 0.588. The Balaban J connectivity index is 1.13. The van der Waals surface area contributed by atoms with Crippen molar-refractivity contribution in [1.29, 1.82) is 0 Å². The van der Waals surface area contributed by atoms with Gasteiger partial charge in [0.1, 0.15) is 11.7 Å². The summed E-state index contributed by atoms with van der Waals surface area (Å²) >= 11 is 1.83. The first-order chi connectivity index (χ1) is 19.4. The number of phenolic OH excluding ortho intramolecular Hbond substituents is 1. The molecule has 5 nitrogen and oxygen atoms in total. The average molecular weight is 558 g/mol. The van der Waals surface area contributed by atoms with Gasteiger partial charge in [-0.1, -0.05) is 31.2 Å². The minimum Gasteiger partial charge on any atom is -0.504 e. The van der Waals surface area contributed by atoms with Crippen LogP contribution >= 0.6 is 11.3 Å². The molecule has 6 atom stereocenters. The molecule has 7 aliphatic rings. The number of phenols is 1. The highest BCUT2D eigenvalue weighted by molar-refractivity contribution is 7.19. The number of piperidine rings is 1. The Morgan fingerprint density at radius 1 is 1.12 bits per heavy atom. The highest BCUT2D eigenvalue weighted by Gasteiger charge is 2.83. The van der Waals surface area contributed by atoms with Crippen LogP contribution in [0.3, 0.4) is 0 Å². The van der Waals surface area contributed by atoms with E-state index < -0.39 is 5.60 Å². The Kier molecular flexibility index (Phi) is 4.92. The van der Waals surface area contributed by atoms with Crippen LogP contribution in [0.5, 0.6) is 11.5 Å². The van der Waals surface area contributed by atoms with Gasteiger partial charge in [-0.05, 0) is 86.6 Å². The Hall–Kier alpha value is -2.12. The maximum absolute atomic E-state index is 11.1. The van der Waals surface area contributed by atoms with Crippen molar-refractivity contribution in [1.82, 2.24) is 4.90 Å². The molecule has 0 radical (unpaired) electrons. The van der Waals surface area contributed by atoms with Crippen molar-refractivity contribution in [2.24, 2.45) is 16.7 Å². The van der Waals surface area contributed by atoms with Gasteiger partial charge in [0.05, 0.1) is 13.2 Å². The molecule has 2 aliphatic heterocycles. The molecule has 1 unspecified atom stereocenters. The molecular weight excluding hydrogens is 518 g/mol. The standard InChI is InChI=1S/C34H39NO4S/c1-31(20-38-18-24-15-22-5-3-4-6-26(22)40-24)19-32-11-12-34(31,37-2)30-33(32)13-14-35(17-21-7-8-21)27(32)16-23-9-10-25(36)29(39-30)28(23)33/h3-6,9-10,15,21,27,30,36H,7-8,11-14,16-20H2,1-2H3/t27-,30-,31-,32+,33+,34?/m1/s1. The van der Waals surface area contributed by atoms with Crippen LogP contribution in [0.4, 0.5) is 0 Å². The molecule has 1 saturated heterocycles. The van der Waals surface area contributed by atoms with Crippen molar-refractivity contribution >= 4 is 21.4 Å². The van der Waals surface area contributed by atoms with Crippen LogP contribution in [0.1, 0.15) is 61.5 Å². The third kappa shape index (κ3) is 2.84. The predicted molar refractivity (Wildman–Crippen MR) is 156 cm³/mol. The van der Waals surface area contributed by atoms with E-state index in [9.17, 15) is 5.11 Å². The van der Waals surface area contributed by atoms with Gasteiger partial charge in [-0.25, -0.2) is 0 Å². The number of benzene rings is 2. The minimum absolute atomic E-state index is 0.0986. The largest absolute Gasteiger partial charge is 0.504 e. The van der Waals surface area contributed by atoms with E-state index in [1.807, 2.05) is 24.5 Å². The molecule has 1 aromatic heterocycles. The molecule has 5 fully saturated rings. The van der Waals surface area contributed by atoms with Crippen molar-refractivity contribution in [3.8, 4) is 11.5 Å². The highest BCUT2D eigenvalue weighted by atomic mass is 32.1. The summed E-state index contributed by atoms with van der Waals surface area (Å²) in [5, 5.41) is 12.4. The number of methoxy groups -OCH3 is 1. The number of fused-ring (bicyclic) bond motifs is 3. The van der Waals surface area contributed by atoms with Crippen molar-refractivity contribution in [3.63, 3.8) is 0 Å². The topological polar surface area (TPSA) is 51.2 Å². The number of hydrogen-bond acceptors (Lipinski definition) is 6. The first-order valence-corrected chi connectivity index (χ1v) is 16.1. The molecule has 210 valence electrons. The molecule has 3 heterocycles. The first kappa shape index (κ1) is 24.5. The lowest BCUT2D eigenvalue weighted by atomic mass is 9.32. The molecule has 40 heavy (non-hydrogen) atoms. The van der Waals surface area contributed by atoms with Crippen LogP contribution in [0.2, 0.25) is 0 Å². The minimum atomic E-state index is -0.460. The van der Waals surface area contributed by atoms with Gasteiger partial charge in [-0.3, -0.25) is 4.90 Å². The number of likely N-dealkylation sites (tertiary alicyclic amines) is 1. The molecule has 1 N–H and O–H groups in total. The van der Waals surface area contributed by atoms with Crippen molar-refractivity contribution in [2.75, 3.05) is 26.8 Å². The summed E-state index contributed by atoms with van der Waals surface area (Å²) in [5.74, 6) is 1.92. The molecule has 2 aromatic carbocycles. The Labute approximate surface area is 240 Å². The van der Waals surface area contributed by atoms with Crippen molar-refractivity contribution in [2.45, 2.75) is 81.6 Å². The summed E-state index contributed by atoms with van der Waals surface area (Å²) in [7, 11) is 1.90. The summed E-state index contributed by atoms with van der Waals surface area (Å²) < 4.78 is 21.7. The van der Waals surface area contributed by atoms with E-state index in [2.05, 4.69) is 48.2 Å². The van der Waals surface area contributed by atoms with E-state index in [0.717, 1.165) is 50.3 Å². The fourth-order valence-corrected chi connectivity index (χ4v) is 11.6. The van der Waals surface area contributed by atoms with Gasteiger partial charge >= 0.3 is 0 Å². The van der Waals surface area contributed by atoms with Gasteiger partial charge < -0.3 is 19.3 Å². The molecule has 10 rings (SSSR count). The SMILES string of the molecule is COC12CC[C@]3(C[C@]1(C)COCc1cc4ccccc4s1)[C@H]1Cc4ccc(O)c5c4[C@@]3(CCN1CC1CC1)[C@H]2O5.